The van der Waals surface area contributed by atoms with Crippen molar-refractivity contribution < 1.29 is 19.1 Å². The van der Waals surface area contributed by atoms with Gasteiger partial charge in [-0.1, -0.05) is 6.58 Å². The molecule has 0 aromatic heterocycles. The van der Waals surface area contributed by atoms with E-state index in [4.69, 9.17) is 15.3 Å². The zero-order valence-electron chi connectivity index (χ0n) is 8.75. The van der Waals surface area contributed by atoms with Crippen LogP contribution in [0.3, 0.4) is 0 Å². The Hall–Kier alpha value is -1.40. The number of ether oxygens (including phenoxy) is 2. The van der Waals surface area contributed by atoms with Crippen LogP contribution in [0.2, 0.25) is 0 Å². The molecule has 0 atom stereocenters. The average molecular weight is 216 g/mol. The van der Waals surface area contributed by atoms with E-state index in [9.17, 15) is 9.59 Å². The number of rotatable bonds is 7. The van der Waals surface area contributed by atoms with Gasteiger partial charge in [0.1, 0.15) is 6.61 Å². The number of hydrazine groups is 1. The number of amides is 1. The number of hydrogen-bond donors (Lipinski definition) is 2. The summed E-state index contributed by atoms with van der Waals surface area (Å²) >= 11 is 0. The molecule has 0 saturated carbocycles. The first-order valence-electron chi connectivity index (χ1n) is 4.47. The van der Waals surface area contributed by atoms with Gasteiger partial charge in [0.25, 0.3) is 0 Å². The van der Waals surface area contributed by atoms with Crippen molar-refractivity contribution in [1.29, 1.82) is 0 Å². The van der Waals surface area contributed by atoms with Crippen LogP contribution in [0.1, 0.15) is 13.3 Å². The van der Waals surface area contributed by atoms with Crippen molar-refractivity contribution in [1.82, 2.24) is 5.43 Å². The van der Waals surface area contributed by atoms with Crippen LogP contribution in [0.25, 0.3) is 0 Å². The molecular formula is C9H16N2O4. The molecule has 0 aliphatic carbocycles. The summed E-state index contributed by atoms with van der Waals surface area (Å²) in [5, 5.41) is 0. The van der Waals surface area contributed by atoms with Gasteiger partial charge in [0.15, 0.2) is 0 Å². The van der Waals surface area contributed by atoms with E-state index in [-0.39, 0.29) is 32.1 Å². The summed E-state index contributed by atoms with van der Waals surface area (Å²) in [5.41, 5.74) is 2.32. The third kappa shape index (κ3) is 7.65. The molecule has 0 aromatic carbocycles. The van der Waals surface area contributed by atoms with Gasteiger partial charge in [-0.2, -0.15) is 0 Å². The van der Waals surface area contributed by atoms with E-state index < -0.39 is 5.97 Å². The highest BCUT2D eigenvalue weighted by atomic mass is 16.6. The lowest BCUT2D eigenvalue weighted by Gasteiger charge is -2.05. The van der Waals surface area contributed by atoms with E-state index in [1.54, 1.807) is 6.92 Å². The maximum Gasteiger partial charge on any atom is 0.333 e. The lowest BCUT2D eigenvalue weighted by Crippen LogP contribution is -2.30. The van der Waals surface area contributed by atoms with Gasteiger partial charge in [-0.25, -0.2) is 10.6 Å². The van der Waals surface area contributed by atoms with Gasteiger partial charge < -0.3 is 9.47 Å². The summed E-state index contributed by atoms with van der Waals surface area (Å²) in [6.07, 6.45) is 0.185. The summed E-state index contributed by atoms with van der Waals surface area (Å²) < 4.78 is 9.76. The molecule has 86 valence electrons. The van der Waals surface area contributed by atoms with E-state index in [1.165, 1.54) is 0 Å². The predicted octanol–water partition coefficient (Wildman–Crippen LogP) is -0.498. The summed E-state index contributed by atoms with van der Waals surface area (Å²) in [6, 6.07) is 0. The Morgan fingerprint density at radius 1 is 1.33 bits per heavy atom. The minimum Gasteiger partial charge on any atom is -0.460 e. The highest BCUT2D eigenvalue weighted by Crippen LogP contribution is 1.91. The molecule has 6 heteroatoms. The Labute approximate surface area is 88.4 Å². The number of carbonyl (C=O) groups is 2. The van der Waals surface area contributed by atoms with Crippen LogP contribution in [0.4, 0.5) is 0 Å². The van der Waals surface area contributed by atoms with Crippen LogP contribution < -0.4 is 11.3 Å². The van der Waals surface area contributed by atoms with Crippen LogP contribution in [-0.2, 0) is 19.1 Å². The molecule has 0 aliphatic heterocycles. The van der Waals surface area contributed by atoms with Gasteiger partial charge in [-0.15, -0.1) is 0 Å². The molecule has 15 heavy (non-hydrogen) atoms. The third-order valence-corrected chi connectivity index (χ3v) is 1.44. The van der Waals surface area contributed by atoms with Crippen LogP contribution in [0, 0.1) is 0 Å². The fraction of sp³-hybridized carbons (Fsp3) is 0.556. The standard InChI is InChI=1S/C9H16N2O4/c1-7(2)9(13)15-6-5-14-4-3-8(12)11-10/h1,3-6,10H2,2H3,(H,11,12). The van der Waals surface area contributed by atoms with Crippen LogP contribution in [0.5, 0.6) is 0 Å². The van der Waals surface area contributed by atoms with Gasteiger partial charge in [-0.05, 0) is 6.92 Å². The Morgan fingerprint density at radius 3 is 2.53 bits per heavy atom. The maximum atomic E-state index is 10.9. The summed E-state index contributed by atoms with van der Waals surface area (Å²) in [4.78, 5) is 21.5. The second kappa shape index (κ2) is 7.95. The molecule has 0 aromatic rings. The first-order chi connectivity index (χ1) is 7.07. The zero-order chi connectivity index (χ0) is 11.7. The van der Waals surface area contributed by atoms with Crippen LogP contribution in [0.15, 0.2) is 12.2 Å². The van der Waals surface area contributed by atoms with E-state index in [2.05, 4.69) is 6.58 Å². The monoisotopic (exact) mass is 216 g/mol. The minimum absolute atomic E-state index is 0.149. The Kier molecular flexibility index (Phi) is 7.21. The molecule has 0 spiro atoms. The number of esters is 1. The quantitative estimate of drug-likeness (QED) is 0.149. The highest BCUT2D eigenvalue weighted by molar-refractivity contribution is 5.86. The molecule has 0 unspecified atom stereocenters. The molecule has 6 nitrogen and oxygen atoms in total. The lowest BCUT2D eigenvalue weighted by atomic mass is 10.4. The van der Waals surface area contributed by atoms with E-state index in [1.807, 2.05) is 5.43 Å². The van der Waals surface area contributed by atoms with Crippen molar-refractivity contribution in [3.63, 3.8) is 0 Å². The lowest BCUT2D eigenvalue weighted by molar-refractivity contribution is -0.140. The first-order valence-corrected chi connectivity index (χ1v) is 4.47. The topological polar surface area (TPSA) is 90.6 Å². The Morgan fingerprint density at radius 2 is 2.00 bits per heavy atom. The molecule has 1 amide bonds. The van der Waals surface area contributed by atoms with Gasteiger partial charge in [-0.3, -0.25) is 10.2 Å². The molecule has 0 bridgehead atoms. The number of nitrogens with one attached hydrogen (secondary N) is 1. The van der Waals surface area contributed by atoms with Crippen molar-refractivity contribution in [2.75, 3.05) is 19.8 Å². The Bertz CT molecular complexity index is 240. The molecule has 0 radical (unpaired) electrons. The summed E-state index contributed by atoms with van der Waals surface area (Å²) in [7, 11) is 0. The van der Waals surface area contributed by atoms with Crippen molar-refractivity contribution >= 4 is 11.9 Å². The molecule has 0 rings (SSSR count). The molecule has 0 aliphatic rings. The van der Waals surface area contributed by atoms with Gasteiger partial charge in [0, 0.05) is 5.57 Å². The van der Waals surface area contributed by atoms with Crippen molar-refractivity contribution in [3.05, 3.63) is 12.2 Å². The fourth-order valence-electron chi connectivity index (χ4n) is 0.656. The summed E-state index contributed by atoms with van der Waals surface area (Å²) in [5.74, 6) is 4.11. The normalized spacial score (nSPS) is 9.47. The van der Waals surface area contributed by atoms with Gasteiger partial charge in [0.05, 0.1) is 19.6 Å². The Balaban J connectivity index is 3.29. The number of carbonyl (C=O) groups excluding carboxylic acids is 2. The minimum atomic E-state index is -0.446. The average Bonchev–Trinajstić information content (AvgIpc) is 2.22. The molecule has 0 fully saturated rings. The predicted molar refractivity (Wildman–Crippen MR) is 53.5 cm³/mol. The first kappa shape index (κ1) is 13.6. The molecule has 0 saturated heterocycles. The highest BCUT2D eigenvalue weighted by Gasteiger charge is 2.02. The van der Waals surface area contributed by atoms with Gasteiger partial charge >= 0.3 is 5.97 Å². The van der Waals surface area contributed by atoms with Crippen molar-refractivity contribution in [3.8, 4) is 0 Å². The SMILES string of the molecule is C=C(C)C(=O)OCCOCCC(=O)NN. The van der Waals surface area contributed by atoms with Crippen molar-refractivity contribution in [2.24, 2.45) is 5.84 Å². The van der Waals surface area contributed by atoms with Crippen LogP contribution >= 0.6 is 0 Å². The fourth-order valence-corrected chi connectivity index (χ4v) is 0.656. The largest absolute Gasteiger partial charge is 0.460 e. The van der Waals surface area contributed by atoms with E-state index in [0.717, 1.165) is 0 Å². The summed E-state index contributed by atoms with van der Waals surface area (Å²) in [6.45, 7) is 5.63. The molecular weight excluding hydrogens is 200 g/mol. The third-order valence-electron chi connectivity index (χ3n) is 1.44. The number of nitrogens with two attached hydrogens (primary N) is 1. The maximum absolute atomic E-state index is 10.9. The smallest absolute Gasteiger partial charge is 0.333 e. The molecule has 0 heterocycles. The second-order valence-electron chi connectivity index (χ2n) is 2.85. The molecule has 3 N–H and O–H groups in total. The number of hydrogen-bond acceptors (Lipinski definition) is 5. The second-order valence-corrected chi connectivity index (χ2v) is 2.85. The van der Waals surface area contributed by atoms with E-state index >= 15 is 0 Å². The van der Waals surface area contributed by atoms with Gasteiger partial charge in [0.2, 0.25) is 5.91 Å². The van der Waals surface area contributed by atoms with Crippen LogP contribution in [-0.4, -0.2) is 31.7 Å². The zero-order valence-corrected chi connectivity index (χ0v) is 8.75. The van der Waals surface area contributed by atoms with E-state index in [0.29, 0.717) is 5.57 Å². The van der Waals surface area contributed by atoms with Crippen molar-refractivity contribution in [2.45, 2.75) is 13.3 Å².